The molecule has 0 saturated carbocycles. The van der Waals surface area contributed by atoms with Gasteiger partial charge < -0.3 is 5.32 Å². The smallest absolute Gasteiger partial charge is 0.267 e. The van der Waals surface area contributed by atoms with Crippen LogP contribution >= 0.6 is 6.89 Å². The van der Waals surface area contributed by atoms with Crippen LogP contribution in [0.4, 0.5) is 5.69 Å². The average Bonchev–Trinajstić information content (AvgIpc) is 3.39. The van der Waals surface area contributed by atoms with Crippen molar-refractivity contribution in [2.75, 3.05) is 5.32 Å². The van der Waals surface area contributed by atoms with E-state index in [1.807, 2.05) is 103 Å². The number of Topliss-reactive ketones (excluding diaryl/α,β-unsaturated/α-hetero) is 1. The number of carbonyl (C=O) groups is 2. The summed E-state index contributed by atoms with van der Waals surface area (Å²) in [6, 6.07) is 37.2. The van der Waals surface area contributed by atoms with Crippen molar-refractivity contribution in [3.63, 3.8) is 0 Å². The maximum Gasteiger partial charge on any atom is 0.267 e. The fourth-order valence-corrected chi connectivity index (χ4v) is 9.06. The molecule has 0 saturated heterocycles. The molecule has 1 amide bonds. The molecule has 6 rings (SSSR count). The van der Waals surface area contributed by atoms with Gasteiger partial charge in [-0.3, -0.25) is 9.59 Å². The maximum absolute atomic E-state index is 14.4. The summed E-state index contributed by atoms with van der Waals surface area (Å²) in [4.78, 5) is 27.7. The third-order valence-corrected chi connectivity index (χ3v) is 10.6. The number of benzene rings is 4. The molecule has 0 bridgehead atoms. The number of amides is 1. The van der Waals surface area contributed by atoms with Crippen LogP contribution in [0, 0.1) is 0 Å². The molecule has 34 heavy (non-hydrogen) atoms. The molecular formula is C28H20N3O2P. The van der Waals surface area contributed by atoms with E-state index in [9.17, 15) is 9.59 Å². The highest BCUT2D eigenvalue weighted by Gasteiger charge is 2.59. The molecule has 0 radical (unpaired) electrons. The molecule has 2 aliphatic rings. The maximum atomic E-state index is 14.4. The summed E-state index contributed by atoms with van der Waals surface area (Å²) in [6.45, 7) is -2.75. The molecular weight excluding hydrogens is 441 g/mol. The van der Waals surface area contributed by atoms with Crippen LogP contribution in [0.15, 0.2) is 125 Å². The van der Waals surface area contributed by atoms with Crippen molar-refractivity contribution in [3.8, 4) is 0 Å². The second-order valence-electron chi connectivity index (χ2n) is 8.24. The van der Waals surface area contributed by atoms with Gasteiger partial charge in [0.1, 0.15) is 5.42 Å². The number of para-hydroxylation sites is 1. The van der Waals surface area contributed by atoms with E-state index >= 15 is 0 Å². The first-order valence-electron chi connectivity index (χ1n) is 11.0. The predicted octanol–water partition coefficient (Wildman–Crippen LogP) is 3.99. The van der Waals surface area contributed by atoms with Crippen LogP contribution in [0.25, 0.3) is 0 Å². The van der Waals surface area contributed by atoms with E-state index in [-0.39, 0.29) is 5.78 Å². The second-order valence-corrected chi connectivity index (χ2v) is 11.6. The molecule has 1 N–H and O–H groups in total. The lowest BCUT2D eigenvalue weighted by molar-refractivity contribution is -0.128. The fraction of sp³-hybridized carbons (Fsp3) is 0.0357. The first kappa shape index (κ1) is 20.5. The number of anilines is 1. The Morgan fingerprint density at radius 2 is 1.09 bits per heavy atom. The Hall–Kier alpha value is -4.08. The van der Waals surface area contributed by atoms with Gasteiger partial charge in [0.15, 0.2) is 0 Å². The van der Waals surface area contributed by atoms with Gasteiger partial charge >= 0.3 is 0 Å². The molecule has 0 aliphatic carbocycles. The number of nitrogens with zero attached hydrogens (tertiary/aromatic N) is 2. The number of hydrogen-bond acceptors (Lipinski definition) is 3. The first-order chi connectivity index (χ1) is 16.7. The average molecular weight is 461 g/mol. The van der Waals surface area contributed by atoms with Gasteiger partial charge in [-0.2, -0.15) is 5.11 Å². The summed E-state index contributed by atoms with van der Waals surface area (Å²) >= 11 is 0. The lowest BCUT2D eigenvalue weighted by Crippen LogP contribution is -2.42. The largest absolute Gasteiger partial charge is 0.323 e. The van der Waals surface area contributed by atoms with Gasteiger partial charge in [0.2, 0.25) is 5.78 Å². The van der Waals surface area contributed by atoms with Crippen LogP contribution in [0.2, 0.25) is 0 Å². The zero-order valence-electron chi connectivity index (χ0n) is 18.1. The van der Waals surface area contributed by atoms with Crippen LogP contribution < -0.4 is 21.2 Å². The highest BCUT2D eigenvalue weighted by atomic mass is 31.2. The minimum atomic E-state index is -2.75. The summed E-state index contributed by atoms with van der Waals surface area (Å²) in [7, 11) is 0. The van der Waals surface area contributed by atoms with Gasteiger partial charge in [0, 0.05) is 18.1 Å². The van der Waals surface area contributed by atoms with E-state index in [1.54, 1.807) is 12.1 Å². The minimum Gasteiger partial charge on any atom is -0.323 e. The molecule has 2 heterocycles. The van der Waals surface area contributed by atoms with Crippen LogP contribution in [-0.4, -0.2) is 17.1 Å². The number of fused-ring (bicyclic) bond motifs is 2. The quantitative estimate of drug-likeness (QED) is 0.370. The van der Waals surface area contributed by atoms with Gasteiger partial charge in [-0.25, -0.2) is 0 Å². The Bertz CT molecular complexity index is 1410. The molecule has 4 aromatic rings. The number of hydrogen-bond donors (Lipinski definition) is 1. The van der Waals surface area contributed by atoms with E-state index in [2.05, 4.69) is 15.5 Å². The Morgan fingerprint density at radius 3 is 1.62 bits per heavy atom. The highest BCUT2D eigenvalue weighted by molar-refractivity contribution is 7.96. The predicted molar refractivity (Wildman–Crippen MR) is 137 cm³/mol. The zero-order valence-corrected chi connectivity index (χ0v) is 19.0. The van der Waals surface area contributed by atoms with Crippen LogP contribution in [0.3, 0.4) is 0 Å². The van der Waals surface area contributed by atoms with E-state index in [4.69, 9.17) is 0 Å². The third kappa shape index (κ3) is 2.68. The zero-order chi connectivity index (χ0) is 23.2. The van der Waals surface area contributed by atoms with Gasteiger partial charge in [-0.15, -0.1) is 5.11 Å². The molecule has 1 atom stereocenters. The summed E-state index contributed by atoms with van der Waals surface area (Å²) in [5.41, 5.74) is -0.196. The fourth-order valence-electron chi connectivity index (χ4n) is 4.93. The molecule has 1 spiro atoms. The van der Waals surface area contributed by atoms with Crippen molar-refractivity contribution < 1.29 is 9.59 Å². The first-order valence-corrected chi connectivity index (χ1v) is 12.8. The van der Waals surface area contributed by atoms with E-state index in [0.29, 0.717) is 16.7 Å². The van der Waals surface area contributed by atoms with Gasteiger partial charge in [0.25, 0.3) is 11.4 Å². The highest BCUT2D eigenvalue weighted by Crippen LogP contribution is 2.52. The lowest BCUT2D eigenvalue weighted by Gasteiger charge is -2.29. The summed E-state index contributed by atoms with van der Waals surface area (Å²) in [5.74, 6) is -0.815. The Balaban J connectivity index is 1.76. The Labute approximate surface area is 197 Å². The van der Waals surface area contributed by atoms with Crippen molar-refractivity contribution in [3.05, 3.63) is 121 Å². The molecule has 2 aliphatic heterocycles. The van der Waals surface area contributed by atoms with Crippen molar-refractivity contribution in [2.45, 2.75) is 5.54 Å². The van der Waals surface area contributed by atoms with Crippen LogP contribution in [0.1, 0.15) is 5.56 Å². The monoisotopic (exact) mass is 461 g/mol. The van der Waals surface area contributed by atoms with Gasteiger partial charge in [-0.05, 0) is 22.0 Å². The SMILES string of the molecule is O=C1Nc2ccccc2C12N=NC(=P(c1ccccc1)(c1ccccc1)c1ccccc1)C2=O. The van der Waals surface area contributed by atoms with Crippen molar-refractivity contribution in [2.24, 2.45) is 10.2 Å². The number of azo groups is 1. The minimum absolute atomic E-state index is 0.336. The second kappa shape index (κ2) is 7.75. The Morgan fingerprint density at radius 1 is 0.618 bits per heavy atom. The van der Waals surface area contributed by atoms with Crippen molar-refractivity contribution in [1.29, 1.82) is 0 Å². The lowest BCUT2D eigenvalue weighted by atomic mass is 9.88. The number of ketones is 1. The van der Waals surface area contributed by atoms with E-state index < -0.39 is 18.3 Å². The molecule has 6 heteroatoms. The van der Waals surface area contributed by atoms with Crippen LogP contribution in [0.5, 0.6) is 0 Å². The molecule has 0 aromatic heterocycles. The van der Waals surface area contributed by atoms with Crippen molar-refractivity contribution >= 4 is 45.6 Å². The summed E-state index contributed by atoms with van der Waals surface area (Å²) in [6.07, 6.45) is 0. The summed E-state index contributed by atoms with van der Waals surface area (Å²) < 4.78 is 0. The molecule has 5 nitrogen and oxygen atoms in total. The third-order valence-electron chi connectivity index (χ3n) is 6.47. The van der Waals surface area contributed by atoms with E-state index in [1.165, 1.54) is 0 Å². The Kier molecular flexibility index (Phi) is 4.68. The molecule has 0 fully saturated rings. The summed E-state index contributed by atoms with van der Waals surface area (Å²) in [5, 5.41) is 14.8. The molecule has 1 unspecified atom stereocenters. The van der Waals surface area contributed by atoms with Gasteiger partial charge in [-0.1, -0.05) is 109 Å². The molecule has 164 valence electrons. The molecule has 4 aromatic carbocycles. The number of nitrogens with one attached hydrogen (secondary N) is 1. The normalized spacial score (nSPS) is 18.9. The van der Waals surface area contributed by atoms with E-state index in [0.717, 1.165) is 15.9 Å². The topological polar surface area (TPSA) is 70.9 Å². The van der Waals surface area contributed by atoms with Gasteiger partial charge in [0.05, 0.1) is 0 Å². The van der Waals surface area contributed by atoms with Crippen molar-refractivity contribution in [1.82, 2.24) is 0 Å². The number of carbonyl (C=O) groups excluding carboxylic acids is 2. The number of rotatable bonds is 3. The van der Waals surface area contributed by atoms with Crippen LogP contribution in [-0.2, 0) is 15.1 Å². The standard InChI is InChI=1S/C28H20N3O2P/c32-25-26(30-31-28(25)23-18-10-11-19-24(23)29-27(28)33)34(20-12-4-1-5-13-20,21-14-6-2-7-15-21)22-16-8-3-9-17-22/h1-19H,(H,29,33).